The van der Waals surface area contributed by atoms with E-state index in [1.807, 2.05) is 6.07 Å². The molecule has 30 heavy (non-hydrogen) atoms. The van der Waals surface area contributed by atoms with Gasteiger partial charge < -0.3 is 24.0 Å². The van der Waals surface area contributed by atoms with Crippen molar-refractivity contribution >= 4 is 11.8 Å². The van der Waals surface area contributed by atoms with Gasteiger partial charge in [-0.25, -0.2) is 0 Å². The zero-order valence-corrected chi connectivity index (χ0v) is 18.0. The number of rotatable bonds is 1. The molecule has 162 valence electrons. The number of nitrogens with zero attached hydrogens (tertiary/aromatic N) is 3. The minimum atomic E-state index is -0.690. The van der Waals surface area contributed by atoms with Crippen LogP contribution in [0.2, 0.25) is 0 Å². The third kappa shape index (κ3) is 4.58. The van der Waals surface area contributed by atoms with Gasteiger partial charge in [-0.3, -0.25) is 9.59 Å². The maximum atomic E-state index is 13.2. The molecule has 0 N–H and O–H groups in total. The summed E-state index contributed by atoms with van der Waals surface area (Å²) in [4.78, 5) is 29.1. The molecular formula is C22H29N3O5. The molecule has 0 radical (unpaired) electrons. The second-order valence-corrected chi connectivity index (χ2v) is 7.92. The van der Waals surface area contributed by atoms with Crippen LogP contribution in [0.3, 0.4) is 0 Å². The highest BCUT2D eigenvalue weighted by Gasteiger charge is 2.35. The number of nitriles is 1. The molecule has 3 rings (SSSR count). The lowest BCUT2D eigenvalue weighted by Gasteiger charge is -2.39. The Hall–Kier alpha value is -2.63. The second kappa shape index (κ2) is 9.45. The Labute approximate surface area is 177 Å². The fourth-order valence-electron chi connectivity index (χ4n) is 3.98. The van der Waals surface area contributed by atoms with Crippen molar-refractivity contribution in [3.63, 3.8) is 0 Å². The average molecular weight is 415 g/mol. The maximum absolute atomic E-state index is 13.2. The zero-order valence-electron chi connectivity index (χ0n) is 18.0. The van der Waals surface area contributed by atoms with Gasteiger partial charge in [-0.15, -0.1) is 0 Å². The zero-order chi connectivity index (χ0) is 21.8. The predicted octanol–water partition coefficient (Wildman–Crippen LogP) is 1.82. The fourth-order valence-corrected chi connectivity index (χ4v) is 3.98. The Balaban J connectivity index is 1.94. The number of hydrogen-bond acceptors (Lipinski definition) is 6. The first kappa shape index (κ1) is 22.1. The molecule has 1 aromatic carbocycles. The van der Waals surface area contributed by atoms with Gasteiger partial charge >= 0.3 is 0 Å². The van der Waals surface area contributed by atoms with Gasteiger partial charge in [-0.1, -0.05) is 0 Å². The molecule has 0 unspecified atom stereocenters. The number of carbonyl (C=O) groups is 2. The van der Waals surface area contributed by atoms with E-state index in [1.54, 1.807) is 45.2 Å². The minimum Gasteiger partial charge on any atom is -0.493 e. The first-order valence-corrected chi connectivity index (χ1v) is 10.2. The first-order chi connectivity index (χ1) is 14.3. The Bertz CT molecular complexity index is 837. The van der Waals surface area contributed by atoms with Crippen molar-refractivity contribution in [3.8, 4) is 11.8 Å². The van der Waals surface area contributed by atoms with Crippen molar-refractivity contribution in [1.29, 1.82) is 5.26 Å². The van der Waals surface area contributed by atoms with Crippen molar-refractivity contribution in [2.24, 2.45) is 0 Å². The molecule has 2 aliphatic rings. The quantitative estimate of drug-likeness (QED) is 0.695. The molecule has 2 bridgehead atoms. The molecule has 1 aromatic rings. The number of hydrogen-bond donors (Lipinski definition) is 0. The van der Waals surface area contributed by atoms with E-state index in [0.29, 0.717) is 30.9 Å². The van der Waals surface area contributed by atoms with E-state index in [4.69, 9.17) is 14.2 Å². The van der Waals surface area contributed by atoms with E-state index in [9.17, 15) is 14.9 Å². The summed E-state index contributed by atoms with van der Waals surface area (Å²) in [6.07, 6.45) is 2.03. The van der Waals surface area contributed by atoms with E-state index >= 15 is 0 Å². The smallest absolute Gasteiger partial charge is 0.258 e. The molecule has 1 saturated heterocycles. The van der Waals surface area contributed by atoms with Gasteiger partial charge in [0, 0.05) is 34.2 Å². The van der Waals surface area contributed by atoms with Gasteiger partial charge in [0.1, 0.15) is 17.9 Å². The molecule has 8 nitrogen and oxygen atoms in total. The Kier molecular flexibility index (Phi) is 6.95. The van der Waals surface area contributed by atoms with E-state index < -0.39 is 6.04 Å². The van der Waals surface area contributed by atoms with Crippen LogP contribution in [0, 0.1) is 11.3 Å². The second-order valence-electron chi connectivity index (χ2n) is 7.92. The molecule has 0 spiro atoms. The number of fused-ring (bicyclic) bond motifs is 3. The van der Waals surface area contributed by atoms with Crippen LogP contribution in [0.15, 0.2) is 18.2 Å². The Morgan fingerprint density at radius 1 is 1.20 bits per heavy atom. The van der Waals surface area contributed by atoms with Crippen LogP contribution in [-0.4, -0.2) is 80.3 Å². The SMILES string of the molecule is CO[C@H]1CC[C@H]2CCOc3ccc(C#N)cc3C(=O)N(C)[C@@H](C)C(=O)N(C)C[C@@H]1O2. The van der Waals surface area contributed by atoms with Gasteiger partial charge in [0.2, 0.25) is 5.91 Å². The van der Waals surface area contributed by atoms with Crippen LogP contribution >= 0.6 is 0 Å². The van der Waals surface area contributed by atoms with Crippen molar-refractivity contribution in [2.75, 3.05) is 34.4 Å². The lowest BCUT2D eigenvalue weighted by molar-refractivity contribution is -0.152. The van der Waals surface area contributed by atoms with Crippen LogP contribution in [-0.2, 0) is 14.3 Å². The third-order valence-corrected chi connectivity index (χ3v) is 5.98. The van der Waals surface area contributed by atoms with Gasteiger partial charge in [0.05, 0.1) is 36.0 Å². The standard InChI is InChI=1S/C22H29N3O5/c1-14-21(26)24(2)13-20-19(28-4)8-6-16(30-20)9-10-29-18-7-5-15(12-23)11-17(18)22(27)25(14)3/h5,7,11,14,16,19-20H,6,8-10,13H2,1-4H3/t14-,16-,19-,20-/m0/s1. The third-order valence-electron chi connectivity index (χ3n) is 5.98. The molecule has 2 heterocycles. The highest BCUT2D eigenvalue weighted by atomic mass is 16.5. The normalized spacial score (nSPS) is 28.2. The number of carbonyl (C=O) groups excluding carboxylic acids is 2. The molecule has 4 atom stereocenters. The monoisotopic (exact) mass is 415 g/mol. The highest BCUT2D eigenvalue weighted by molar-refractivity contribution is 5.99. The Morgan fingerprint density at radius 2 is 1.97 bits per heavy atom. The summed E-state index contributed by atoms with van der Waals surface area (Å²) >= 11 is 0. The highest BCUT2D eigenvalue weighted by Crippen LogP contribution is 2.27. The van der Waals surface area contributed by atoms with Crippen LogP contribution in [0.1, 0.15) is 42.1 Å². The minimum absolute atomic E-state index is 0.00882. The van der Waals surface area contributed by atoms with Gasteiger partial charge in [-0.2, -0.15) is 5.26 Å². The summed E-state index contributed by atoms with van der Waals surface area (Å²) in [6.45, 7) is 2.46. The molecule has 0 aliphatic carbocycles. The summed E-state index contributed by atoms with van der Waals surface area (Å²) in [5.74, 6) is -0.153. The Morgan fingerprint density at radius 3 is 2.67 bits per heavy atom. The molecule has 2 amide bonds. The van der Waals surface area contributed by atoms with E-state index in [0.717, 1.165) is 12.8 Å². The number of benzene rings is 1. The van der Waals surface area contributed by atoms with Crippen LogP contribution in [0.25, 0.3) is 0 Å². The first-order valence-electron chi connectivity index (χ1n) is 10.2. The number of methoxy groups -OCH3 is 1. The van der Waals surface area contributed by atoms with E-state index in [-0.39, 0.29) is 35.7 Å². The van der Waals surface area contributed by atoms with Crippen LogP contribution < -0.4 is 4.74 Å². The van der Waals surface area contributed by atoms with Crippen molar-refractivity contribution in [2.45, 2.75) is 50.5 Å². The maximum Gasteiger partial charge on any atom is 0.258 e. The predicted molar refractivity (Wildman–Crippen MR) is 109 cm³/mol. The molecular weight excluding hydrogens is 386 g/mol. The molecule has 1 fully saturated rings. The molecule has 8 heteroatoms. The number of likely N-dealkylation sites (N-methyl/N-ethyl adjacent to an activating group) is 2. The largest absolute Gasteiger partial charge is 0.493 e. The van der Waals surface area contributed by atoms with Crippen molar-refractivity contribution in [3.05, 3.63) is 29.3 Å². The van der Waals surface area contributed by atoms with Gasteiger partial charge in [-0.05, 0) is 38.0 Å². The summed E-state index contributed by atoms with van der Waals surface area (Å²) < 4.78 is 17.7. The summed E-state index contributed by atoms with van der Waals surface area (Å²) in [7, 11) is 4.96. The van der Waals surface area contributed by atoms with E-state index in [1.165, 1.54) is 11.0 Å². The topological polar surface area (TPSA) is 92.1 Å². The lowest BCUT2D eigenvalue weighted by Crippen LogP contribution is -2.52. The molecule has 0 aromatic heterocycles. The molecule has 0 saturated carbocycles. The fraction of sp³-hybridized carbons (Fsp3) is 0.591. The van der Waals surface area contributed by atoms with Gasteiger partial charge in [0.25, 0.3) is 5.91 Å². The van der Waals surface area contributed by atoms with Gasteiger partial charge in [0.15, 0.2) is 0 Å². The average Bonchev–Trinajstić information content (AvgIpc) is 2.76. The summed E-state index contributed by atoms with van der Waals surface area (Å²) in [5.41, 5.74) is 0.637. The van der Waals surface area contributed by atoms with Crippen molar-refractivity contribution in [1.82, 2.24) is 9.80 Å². The number of amides is 2. The lowest BCUT2D eigenvalue weighted by atomic mass is 9.98. The summed E-state index contributed by atoms with van der Waals surface area (Å²) in [5, 5.41) is 9.23. The van der Waals surface area contributed by atoms with Crippen LogP contribution in [0.4, 0.5) is 0 Å². The van der Waals surface area contributed by atoms with Crippen LogP contribution in [0.5, 0.6) is 5.75 Å². The summed E-state index contributed by atoms with van der Waals surface area (Å²) in [6, 6.07) is 6.12. The molecule has 2 aliphatic heterocycles. The number of ether oxygens (including phenoxy) is 3. The van der Waals surface area contributed by atoms with E-state index in [2.05, 4.69) is 0 Å². The van der Waals surface area contributed by atoms with Crippen molar-refractivity contribution < 1.29 is 23.8 Å².